The molecule has 0 amide bonds. The second-order valence-corrected chi connectivity index (χ2v) is 12.4. The Hall–Kier alpha value is -2.34. The number of fused-ring (bicyclic) bond motifs is 1. The van der Waals surface area contributed by atoms with E-state index in [2.05, 4.69) is 17.6 Å². The molecule has 1 aliphatic carbocycles. The van der Waals surface area contributed by atoms with E-state index in [0.29, 0.717) is 35.5 Å². The predicted molar refractivity (Wildman–Crippen MR) is 135 cm³/mol. The van der Waals surface area contributed by atoms with Gasteiger partial charge in [-0.15, -0.1) is 0 Å². The quantitative estimate of drug-likeness (QED) is 0.409. The first-order valence-electron chi connectivity index (χ1n) is 12.1. The molecule has 1 atom stereocenters. The van der Waals surface area contributed by atoms with Crippen molar-refractivity contribution < 1.29 is 8.42 Å². The van der Waals surface area contributed by atoms with Gasteiger partial charge < -0.3 is 4.57 Å². The molecule has 2 heterocycles. The Morgan fingerprint density at radius 1 is 1.09 bits per heavy atom. The molecule has 2 fully saturated rings. The number of hydrogen-bond acceptors (Lipinski definition) is 5. The van der Waals surface area contributed by atoms with Crippen LogP contribution in [0.2, 0.25) is 0 Å². The van der Waals surface area contributed by atoms with Crippen LogP contribution in [0.5, 0.6) is 0 Å². The van der Waals surface area contributed by atoms with E-state index < -0.39 is 10.0 Å². The zero-order chi connectivity index (χ0) is 23.7. The van der Waals surface area contributed by atoms with E-state index in [1.165, 1.54) is 12.8 Å². The van der Waals surface area contributed by atoms with Crippen molar-refractivity contribution in [1.82, 2.24) is 13.9 Å². The monoisotopic (exact) mass is 494 g/mol. The molecule has 34 heavy (non-hydrogen) atoms. The normalized spacial score (nSPS) is 20.1. The summed E-state index contributed by atoms with van der Waals surface area (Å²) in [6.07, 6.45) is 6.67. The van der Waals surface area contributed by atoms with Crippen molar-refractivity contribution in [1.29, 1.82) is 5.26 Å². The van der Waals surface area contributed by atoms with E-state index in [0.717, 1.165) is 53.2 Å². The minimum absolute atomic E-state index is 0.341. The van der Waals surface area contributed by atoms with Gasteiger partial charge in [0.2, 0.25) is 10.0 Å². The van der Waals surface area contributed by atoms with Crippen LogP contribution >= 0.6 is 11.8 Å². The number of benzene rings is 2. The first kappa shape index (κ1) is 23.4. The average molecular weight is 495 g/mol. The molecule has 0 radical (unpaired) electrons. The van der Waals surface area contributed by atoms with E-state index in [-0.39, 0.29) is 0 Å². The number of thioether (sulfide) groups is 1. The Labute approximate surface area is 206 Å². The molecule has 1 saturated heterocycles. The summed E-state index contributed by atoms with van der Waals surface area (Å²) in [7, 11) is -3.52. The van der Waals surface area contributed by atoms with Crippen molar-refractivity contribution >= 4 is 32.8 Å². The number of piperidine rings is 1. The number of imidazole rings is 1. The highest BCUT2D eigenvalue weighted by molar-refractivity contribution is 7.98. The van der Waals surface area contributed by atoms with E-state index >= 15 is 0 Å². The Morgan fingerprint density at radius 3 is 2.56 bits per heavy atom. The highest BCUT2D eigenvalue weighted by atomic mass is 32.2. The summed E-state index contributed by atoms with van der Waals surface area (Å²) in [6, 6.07) is 15.7. The molecule has 1 aromatic heterocycles. The van der Waals surface area contributed by atoms with Gasteiger partial charge in [0.15, 0.2) is 5.16 Å². The number of rotatable bonds is 6. The van der Waals surface area contributed by atoms with Gasteiger partial charge in [0.25, 0.3) is 0 Å². The molecule has 1 saturated carbocycles. The molecular weight excluding hydrogens is 464 g/mol. The summed E-state index contributed by atoms with van der Waals surface area (Å²) in [4.78, 5) is 5.27. The fourth-order valence-corrected chi connectivity index (χ4v) is 7.83. The van der Waals surface area contributed by atoms with E-state index in [9.17, 15) is 8.42 Å². The molecule has 2 aromatic carbocycles. The van der Waals surface area contributed by atoms with Crippen LogP contribution < -0.4 is 0 Å². The van der Waals surface area contributed by atoms with Gasteiger partial charge in [-0.3, -0.25) is 0 Å². The molecule has 5 rings (SSSR count). The number of sulfonamides is 1. The third kappa shape index (κ3) is 4.61. The number of nitrogens with zero attached hydrogens (tertiary/aromatic N) is 4. The number of aromatic nitrogens is 2. The minimum atomic E-state index is -3.52. The lowest BCUT2D eigenvalue weighted by Gasteiger charge is -2.30. The summed E-state index contributed by atoms with van der Waals surface area (Å²) in [5.41, 5.74) is 3.56. The SMILES string of the molecule is C[C@@H]1CCCN(S(=O)(=O)c2ccc3c(c2)nc(SCc2ccc(C#N)cc2)n3C2CCCC2)C1. The van der Waals surface area contributed by atoms with Gasteiger partial charge in [0, 0.05) is 24.9 Å². The molecule has 0 spiro atoms. The van der Waals surface area contributed by atoms with Crippen molar-refractivity contribution in [3.63, 3.8) is 0 Å². The van der Waals surface area contributed by atoms with Gasteiger partial charge >= 0.3 is 0 Å². The maximum atomic E-state index is 13.4. The fraction of sp³-hybridized carbons (Fsp3) is 0.462. The molecule has 0 bridgehead atoms. The number of nitriles is 1. The zero-order valence-corrected chi connectivity index (χ0v) is 21.1. The molecular formula is C26H30N4O2S2. The average Bonchev–Trinajstić information content (AvgIpc) is 3.50. The summed E-state index contributed by atoms with van der Waals surface area (Å²) in [5.74, 6) is 1.14. The zero-order valence-electron chi connectivity index (χ0n) is 19.5. The van der Waals surface area contributed by atoms with Crippen LogP contribution in [0.4, 0.5) is 0 Å². The highest BCUT2D eigenvalue weighted by Crippen LogP contribution is 2.38. The van der Waals surface area contributed by atoms with Crippen LogP contribution in [0.15, 0.2) is 52.5 Å². The van der Waals surface area contributed by atoms with Gasteiger partial charge in [0.05, 0.1) is 27.6 Å². The number of hydrogen-bond donors (Lipinski definition) is 0. The summed E-state index contributed by atoms with van der Waals surface area (Å²) in [6.45, 7) is 3.29. The molecule has 3 aromatic rings. The maximum Gasteiger partial charge on any atom is 0.243 e. The summed E-state index contributed by atoms with van der Waals surface area (Å²) < 4.78 is 30.7. The van der Waals surface area contributed by atoms with Gasteiger partial charge in [-0.05, 0) is 67.5 Å². The standard InChI is InChI=1S/C26H30N4O2S2/c1-19-5-4-14-29(17-19)34(31,32)23-12-13-25-24(15-23)28-26(30(25)22-6-2-3-7-22)33-18-21-10-8-20(16-27)9-11-21/h8-13,15,19,22H,2-7,14,17-18H2,1H3/t19-/m1/s1. The van der Waals surface area contributed by atoms with E-state index in [4.69, 9.17) is 10.2 Å². The predicted octanol–water partition coefficient (Wildman–Crippen LogP) is 5.74. The Balaban J connectivity index is 1.47. The molecule has 0 N–H and O–H groups in total. The largest absolute Gasteiger partial charge is 0.316 e. The first-order chi connectivity index (χ1) is 16.5. The minimum Gasteiger partial charge on any atom is -0.316 e. The maximum absolute atomic E-state index is 13.4. The third-order valence-electron chi connectivity index (χ3n) is 7.03. The third-order valence-corrected chi connectivity index (χ3v) is 9.91. The highest BCUT2D eigenvalue weighted by Gasteiger charge is 2.30. The Morgan fingerprint density at radius 2 is 1.85 bits per heavy atom. The molecule has 6 nitrogen and oxygen atoms in total. The van der Waals surface area contributed by atoms with Crippen molar-refractivity contribution in [3.05, 3.63) is 53.6 Å². The molecule has 8 heteroatoms. The van der Waals surface area contributed by atoms with Crippen LogP contribution in [0, 0.1) is 17.2 Å². The smallest absolute Gasteiger partial charge is 0.243 e. The first-order valence-corrected chi connectivity index (χ1v) is 14.5. The van der Waals surface area contributed by atoms with Gasteiger partial charge in [-0.2, -0.15) is 9.57 Å². The molecule has 0 unspecified atom stereocenters. The molecule has 178 valence electrons. The van der Waals surface area contributed by atoms with Crippen LogP contribution in [-0.2, 0) is 15.8 Å². The Kier molecular flexibility index (Phi) is 6.70. The van der Waals surface area contributed by atoms with Crippen LogP contribution in [0.25, 0.3) is 11.0 Å². The van der Waals surface area contributed by atoms with Gasteiger partial charge in [-0.25, -0.2) is 13.4 Å². The lowest BCUT2D eigenvalue weighted by molar-refractivity contribution is 0.281. The van der Waals surface area contributed by atoms with Crippen LogP contribution in [0.3, 0.4) is 0 Å². The summed E-state index contributed by atoms with van der Waals surface area (Å²) in [5, 5.41) is 9.97. The van der Waals surface area contributed by atoms with Crippen molar-refractivity contribution in [3.8, 4) is 6.07 Å². The lowest BCUT2D eigenvalue weighted by atomic mass is 10.0. The van der Waals surface area contributed by atoms with Crippen LogP contribution in [0.1, 0.15) is 62.6 Å². The van der Waals surface area contributed by atoms with Crippen molar-refractivity contribution in [2.45, 2.75) is 67.3 Å². The lowest BCUT2D eigenvalue weighted by Crippen LogP contribution is -2.39. The molecule has 1 aliphatic heterocycles. The van der Waals surface area contributed by atoms with Gasteiger partial charge in [0.1, 0.15) is 0 Å². The second-order valence-electron chi connectivity index (χ2n) is 9.56. The Bertz CT molecular complexity index is 1320. The van der Waals surface area contributed by atoms with E-state index in [1.807, 2.05) is 30.3 Å². The molecule has 2 aliphatic rings. The fourth-order valence-electron chi connectivity index (χ4n) is 5.17. The topological polar surface area (TPSA) is 79.0 Å². The second kappa shape index (κ2) is 9.73. The van der Waals surface area contributed by atoms with Crippen LogP contribution in [-0.4, -0.2) is 35.4 Å². The summed E-state index contributed by atoms with van der Waals surface area (Å²) >= 11 is 1.68. The van der Waals surface area contributed by atoms with Gasteiger partial charge in [-0.1, -0.05) is 43.7 Å². The van der Waals surface area contributed by atoms with Crippen molar-refractivity contribution in [2.75, 3.05) is 13.1 Å². The van der Waals surface area contributed by atoms with Crippen molar-refractivity contribution in [2.24, 2.45) is 5.92 Å². The van der Waals surface area contributed by atoms with E-state index in [1.54, 1.807) is 28.2 Å².